The molecule has 12 nitrogen and oxygen atoms in total. The first kappa shape index (κ1) is 55.9. The van der Waals surface area contributed by atoms with Crippen molar-refractivity contribution in [1.82, 2.24) is 0 Å². The van der Waals surface area contributed by atoms with Crippen LogP contribution in [0.3, 0.4) is 0 Å². The van der Waals surface area contributed by atoms with Crippen LogP contribution in [0.25, 0.3) is 0 Å². The molecule has 0 aliphatic carbocycles. The Bertz CT molecular complexity index is 534. The van der Waals surface area contributed by atoms with Gasteiger partial charge in [0.1, 0.15) is 6.23 Å². The van der Waals surface area contributed by atoms with Crippen LogP contribution in [0.4, 0.5) is 0 Å². The van der Waals surface area contributed by atoms with E-state index in [1.165, 1.54) is 0 Å². The number of carboxylic acids is 4. The molecule has 0 saturated carbocycles. The van der Waals surface area contributed by atoms with E-state index < -0.39 is 35.8 Å². The maximum atomic E-state index is 9.47. The molecule has 0 aliphatic rings. The Labute approximate surface area is 358 Å². The minimum Gasteiger partial charge on any atom is -1.00 e. The van der Waals surface area contributed by atoms with Crippen molar-refractivity contribution in [2.75, 3.05) is 0 Å². The van der Waals surface area contributed by atoms with E-state index in [-0.39, 0.29) is 207 Å². The number of nitrogens with two attached hydrogens (primary N) is 2. The fraction of sp³-hybridized carbons (Fsp3) is 0.375. The minimum absolute atomic E-state index is 0. The maximum absolute atomic E-state index is 9.47. The first-order chi connectivity index (χ1) is 12.5. The number of aliphatic carboxylic acids is 4. The van der Waals surface area contributed by atoms with E-state index in [1.54, 1.807) is 30.3 Å². The second-order valence-electron chi connectivity index (χ2n) is 4.63. The van der Waals surface area contributed by atoms with Crippen LogP contribution < -0.4 is 232 Å². The Hall–Kier alpha value is 3.49. The number of hydrogen-bond donors (Lipinski definition) is 5. The summed E-state index contributed by atoms with van der Waals surface area (Å²) in [6.07, 6.45) is -1.49. The molecule has 16 heteroatoms. The zero-order valence-corrected chi connectivity index (χ0v) is 32.3. The molecule has 0 aromatic heterocycles. The number of carboxylic acid groups (broad SMARTS) is 4. The van der Waals surface area contributed by atoms with Gasteiger partial charge in [0.15, 0.2) is 5.72 Å². The zero-order valence-electron chi connectivity index (χ0n) is 20.8. The number of carbonyl (C=O) groups excluding carboxylic acids is 3. The topological polar surface area (TPSA) is 250 Å². The quantitative estimate of drug-likeness (QED) is 0.166. The van der Waals surface area contributed by atoms with Gasteiger partial charge < -0.3 is 52.2 Å². The summed E-state index contributed by atoms with van der Waals surface area (Å²) in [6.45, 7) is 4.00. The number of benzene rings is 1. The Morgan fingerprint density at radius 1 is 0.844 bits per heavy atom. The van der Waals surface area contributed by atoms with Crippen LogP contribution in [0.15, 0.2) is 30.3 Å². The van der Waals surface area contributed by atoms with Gasteiger partial charge in [-0.2, -0.15) is 0 Å². The van der Waals surface area contributed by atoms with E-state index in [4.69, 9.17) is 56.2 Å². The Kier molecular flexibility index (Phi) is 64.0. The van der Waals surface area contributed by atoms with Crippen LogP contribution in [-0.4, -0.2) is 45.4 Å². The number of aliphatic hydroxyl groups is 2. The normalized spacial score (nSPS) is 10.0. The number of carbonyl (C=O) groups is 4. The summed E-state index contributed by atoms with van der Waals surface area (Å²) >= 11 is 0. The van der Waals surface area contributed by atoms with E-state index in [9.17, 15) is 5.11 Å². The van der Waals surface area contributed by atoms with Crippen molar-refractivity contribution in [2.45, 2.75) is 39.6 Å². The van der Waals surface area contributed by atoms with E-state index >= 15 is 0 Å². The first-order valence-corrected chi connectivity index (χ1v) is 7.21. The van der Waals surface area contributed by atoms with Gasteiger partial charge >= 0.3 is 206 Å². The Balaban J connectivity index is -0.0000000338. The van der Waals surface area contributed by atoms with Gasteiger partial charge in [-0.05, 0) is 20.8 Å². The van der Waals surface area contributed by atoms with Gasteiger partial charge in [-0.1, -0.05) is 30.3 Å². The molecule has 1 rings (SSSR count). The average Bonchev–Trinajstić information content (AvgIpc) is 2.45. The molecule has 0 bridgehead atoms. The molecule has 32 heavy (non-hydrogen) atoms. The Morgan fingerprint density at radius 2 is 1.03 bits per heavy atom. The second kappa shape index (κ2) is 36.6. The average molecular weight is 563 g/mol. The molecule has 2 atom stereocenters. The van der Waals surface area contributed by atoms with Crippen molar-refractivity contribution in [2.24, 2.45) is 11.5 Å². The molecule has 0 saturated heterocycles. The third kappa shape index (κ3) is 64.1. The summed E-state index contributed by atoms with van der Waals surface area (Å²) in [7, 11) is 0. The third-order valence-corrected chi connectivity index (χ3v) is 1.69. The third-order valence-electron chi connectivity index (χ3n) is 1.69. The van der Waals surface area contributed by atoms with Crippen LogP contribution in [0.1, 0.15) is 34.7 Å². The van der Waals surface area contributed by atoms with E-state index in [1.807, 2.05) is 0 Å². The molecule has 0 heterocycles. The molecule has 2 unspecified atom stereocenters. The SMILES string of the molecule is CC(=O)O.CC(=O)[O-].CC(=O)[O-].CC(=O)[O-].NC(O)C(N)(O)c1ccccc1.[H-].[K+].[K+].[K+].[K+]. The van der Waals surface area contributed by atoms with Crippen LogP contribution in [0.2, 0.25) is 0 Å². The van der Waals surface area contributed by atoms with Crippen molar-refractivity contribution in [3.63, 3.8) is 0 Å². The van der Waals surface area contributed by atoms with Gasteiger partial charge in [-0.3, -0.25) is 10.5 Å². The first-order valence-electron chi connectivity index (χ1n) is 7.21. The van der Waals surface area contributed by atoms with Crippen molar-refractivity contribution in [1.29, 1.82) is 0 Å². The van der Waals surface area contributed by atoms with E-state index in [2.05, 4.69) is 0 Å². The standard InChI is InChI=1S/C8H12N2O2.4C2H4O2.4K.H/c9-7(11)8(10,12)6-4-2-1-3-5-6;4*1-2(3)4;;;;;/h1-5,7,11-12H,9-10H2;4*1H3,(H,3,4);;;;;/q;;;;;4*+1;-1/p-3. The van der Waals surface area contributed by atoms with Crippen molar-refractivity contribution >= 4 is 23.9 Å². The summed E-state index contributed by atoms with van der Waals surface area (Å²) in [4.78, 5) is 35.7. The van der Waals surface area contributed by atoms with Crippen LogP contribution >= 0.6 is 0 Å². The summed E-state index contributed by atoms with van der Waals surface area (Å²) < 4.78 is 0. The molecule has 0 aliphatic heterocycles. The van der Waals surface area contributed by atoms with Crippen LogP contribution in [-0.2, 0) is 24.9 Å². The molecule has 0 fully saturated rings. The minimum atomic E-state index is -1.87. The van der Waals surface area contributed by atoms with E-state index in [0.29, 0.717) is 5.56 Å². The molecule has 7 N–H and O–H groups in total. The van der Waals surface area contributed by atoms with E-state index in [0.717, 1.165) is 27.7 Å². The van der Waals surface area contributed by atoms with Gasteiger partial charge in [-0.15, -0.1) is 0 Å². The van der Waals surface area contributed by atoms with Gasteiger partial charge in [0, 0.05) is 30.4 Å². The van der Waals surface area contributed by atoms with Crippen LogP contribution in [0, 0.1) is 0 Å². The summed E-state index contributed by atoms with van der Waals surface area (Å²) in [5.74, 6) is -4.08. The van der Waals surface area contributed by atoms with Gasteiger partial charge in [-0.25, -0.2) is 0 Å². The molecule has 1 aromatic rings. The van der Waals surface area contributed by atoms with Gasteiger partial charge in [0.05, 0.1) is 0 Å². The molecule has 1 aromatic carbocycles. The molecule has 164 valence electrons. The van der Waals surface area contributed by atoms with Crippen molar-refractivity contribution in [3.8, 4) is 0 Å². The fourth-order valence-electron chi connectivity index (χ4n) is 0.876. The van der Waals surface area contributed by atoms with Crippen molar-refractivity contribution < 1.29 is 257 Å². The smallest absolute Gasteiger partial charge is 1.00 e. The molecule has 0 amide bonds. The molecular formula is C16H26K4N2O10. The van der Waals surface area contributed by atoms with Gasteiger partial charge in [0.2, 0.25) is 0 Å². The molecule has 0 spiro atoms. The summed E-state index contributed by atoms with van der Waals surface area (Å²) in [6, 6.07) is 8.37. The predicted molar refractivity (Wildman–Crippen MR) is 91.2 cm³/mol. The monoisotopic (exact) mass is 562 g/mol. The van der Waals surface area contributed by atoms with Crippen molar-refractivity contribution in [3.05, 3.63) is 35.9 Å². The zero-order chi connectivity index (χ0) is 23.5. The number of aliphatic hydroxyl groups excluding tert-OH is 1. The number of rotatable bonds is 2. The predicted octanol–water partition coefficient (Wildman–Crippen LogP) is -16.4. The van der Waals surface area contributed by atoms with Gasteiger partial charge in [0.25, 0.3) is 5.97 Å². The fourth-order valence-corrected chi connectivity index (χ4v) is 0.876. The molecular weight excluding hydrogens is 537 g/mol. The van der Waals surface area contributed by atoms with Crippen LogP contribution in [0.5, 0.6) is 0 Å². The summed E-state index contributed by atoms with van der Waals surface area (Å²) in [5.41, 5.74) is 8.96. The number of hydrogen-bond acceptors (Lipinski definition) is 11. The second-order valence-corrected chi connectivity index (χ2v) is 4.63. The maximum Gasteiger partial charge on any atom is 1.00 e. The summed E-state index contributed by atoms with van der Waals surface area (Å²) in [5, 5.41) is 52.5. The largest absolute Gasteiger partial charge is 1.00 e. The Morgan fingerprint density at radius 3 is 1.19 bits per heavy atom. The molecule has 0 radical (unpaired) electrons.